The highest BCUT2D eigenvalue weighted by molar-refractivity contribution is 5.39. The van der Waals surface area contributed by atoms with Gasteiger partial charge in [-0.3, -0.25) is 4.68 Å². The van der Waals surface area contributed by atoms with Gasteiger partial charge >= 0.3 is 0 Å². The van der Waals surface area contributed by atoms with Crippen LogP contribution in [0.5, 0.6) is 0 Å². The van der Waals surface area contributed by atoms with Gasteiger partial charge in [0.1, 0.15) is 0 Å². The van der Waals surface area contributed by atoms with Crippen LogP contribution in [0.15, 0.2) is 24.4 Å². The standard InChI is InChI=1S/C20H29N3/c1-13(2)17-7-6-16-8-9-20(19(16)10-17)21-11-18-12-23(14(3)4)22-15(18)5/h6-7,10,12-14,20-21H,8-9,11H2,1-5H3. The summed E-state index contributed by atoms with van der Waals surface area (Å²) in [5.41, 5.74) is 6.92. The quantitative estimate of drug-likeness (QED) is 0.869. The van der Waals surface area contributed by atoms with E-state index in [2.05, 4.69) is 74.1 Å². The number of aromatic nitrogens is 2. The second-order valence-electron chi connectivity index (χ2n) is 7.40. The Kier molecular flexibility index (Phi) is 4.58. The topological polar surface area (TPSA) is 29.9 Å². The maximum absolute atomic E-state index is 4.61. The van der Waals surface area contributed by atoms with Gasteiger partial charge in [-0.25, -0.2) is 0 Å². The maximum atomic E-state index is 4.61. The first kappa shape index (κ1) is 16.3. The fourth-order valence-electron chi connectivity index (χ4n) is 3.38. The van der Waals surface area contributed by atoms with Crippen LogP contribution < -0.4 is 5.32 Å². The molecule has 1 N–H and O–H groups in total. The van der Waals surface area contributed by atoms with E-state index >= 15 is 0 Å². The highest BCUT2D eigenvalue weighted by atomic mass is 15.3. The Morgan fingerprint density at radius 1 is 1.26 bits per heavy atom. The lowest BCUT2D eigenvalue weighted by Gasteiger charge is -2.16. The number of nitrogens with zero attached hydrogens (tertiary/aromatic N) is 2. The van der Waals surface area contributed by atoms with Crippen molar-refractivity contribution in [1.82, 2.24) is 15.1 Å². The molecule has 3 heteroatoms. The molecule has 1 heterocycles. The van der Waals surface area contributed by atoms with Crippen LogP contribution in [0.1, 0.15) is 80.1 Å². The third-order valence-electron chi connectivity index (χ3n) is 5.00. The van der Waals surface area contributed by atoms with Crippen molar-refractivity contribution in [3.05, 3.63) is 52.3 Å². The Balaban J connectivity index is 1.73. The molecule has 0 fully saturated rings. The van der Waals surface area contributed by atoms with Crippen LogP contribution >= 0.6 is 0 Å². The molecule has 2 aromatic rings. The van der Waals surface area contributed by atoms with Gasteiger partial charge in [0.2, 0.25) is 0 Å². The van der Waals surface area contributed by atoms with E-state index in [4.69, 9.17) is 0 Å². The first-order valence-corrected chi connectivity index (χ1v) is 8.86. The molecule has 0 bridgehead atoms. The van der Waals surface area contributed by atoms with Gasteiger partial charge < -0.3 is 5.32 Å². The van der Waals surface area contributed by atoms with Crippen molar-refractivity contribution >= 4 is 0 Å². The molecule has 0 aliphatic heterocycles. The van der Waals surface area contributed by atoms with Gasteiger partial charge in [-0.05, 0) is 56.2 Å². The smallest absolute Gasteiger partial charge is 0.0638 e. The van der Waals surface area contributed by atoms with Gasteiger partial charge in [0.15, 0.2) is 0 Å². The molecule has 0 amide bonds. The van der Waals surface area contributed by atoms with Gasteiger partial charge in [0.25, 0.3) is 0 Å². The van der Waals surface area contributed by atoms with Crippen molar-refractivity contribution < 1.29 is 0 Å². The number of benzene rings is 1. The van der Waals surface area contributed by atoms with Crippen molar-refractivity contribution in [1.29, 1.82) is 0 Å². The highest BCUT2D eigenvalue weighted by Crippen LogP contribution is 2.33. The summed E-state index contributed by atoms with van der Waals surface area (Å²) in [6, 6.07) is 7.93. The summed E-state index contributed by atoms with van der Waals surface area (Å²) in [5.74, 6) is 0.591. The summed E-state index contributed by atoms with van der Waals surface area (Å²) in [6.45, 7) is 11.9. The number of hydrogen-bond donors (Lipinski definition) is 1. The first-order valence-electron chi connectivity index (χ1n) is 8.86. The molecule has 3 nitrogen and oxygen atoms in total. The van der Waals surface area contributed by atoms with E-state index in [1.165, 1.54) is 35.1 Å². The molecule has 0 radical (unpaired) electrons. The van der Waals surface area contributed by atoms with E-state index in [0.29, 0.717) is 18.0 Å². The SMILES string of the molecule is Cc1nn(C(C)C)cc1CNC1CCc2ccc(C(C)C)cc21. The van der Waals surface area contributed by atoms with Crippen LogP contribution in [-0.4, -0.2) is 9.78 Å². The molecule has 0 spiro atoms. The van der Waals surface area contributed by atoms with Crippen molar-refractivity contribution in [2.45, 2.75) is 72.0 Å². The molecule has 1 aliphatic carbocycles. The van der Waals surface area contributed by atoms with E-state index in [1.807, 2.05) is 0 Å². The van der Waals surface area contributed by atoms with Gasteiger partial charge in [0.05, 0.1) is 5.69 Å². The van der Waals surface area contributed by atoms with E-state index in [9.17, 15) is 0 Å². The van der Waals surface area contributed by atoms with E-state index in [1.54, 1.807) is 0 Å². The average Bonchev–Trinajstić information content (AvgIpc) is 3.08. The monoisotopic (exact) mass is 311 g/mol. The van der Waals surface area contributed by atoms with Crippen LogP contribution in [0.3, 0.4) is 0 Å². The minimum absolute atomic E-state index is 0.420. The lowest BCUT2D eigenvalue weighted by molar-refractivity contribution is 0.522. The number of nitrogens with one attached hydrogen (secondary N) is 1. The molecule has 124 valence electrons. The highest BCUT2D eigenvalue weighted by Gasteiger charge is 2.23. The zero-order chi connectivity index (χ0) is 16.6. The van der Waals surface area contributed by atoms with Crippen molar-refractivity contribution in [2.75, 3.05) is 0 Å². The Morgan fingerprint density at radius 2 is 2.04 bits per heavy atom. The molecule has 1 aliphatic rings. The molecule has 1 atom stereocenters. The molecule has 3 rings (SSSR count). The van der Waals surface area contributed by atoms with Gasteiger partial charge in [-0.1, -0.05) is 32.0 Å². The third-order valence-corrected chi connectivity index (χ3v) is 5.00. The summed E-state index contributed by atoms with van der Waals surface area (Å²) in [4.78, 5) is 0. The summed E-state index contributed by atoms with van der Waals surface area (Å²) >= 11 is 0. The number of hydrogen-bond acceptors (Lipinski definition) is 2. The fraction of sp³-hybridized carbons (Fsp3) is 0.550. The molecular formula is C20H29N3. The predicted molar refractivity (Wildman–Crippen MR) is 95.8 cm³/mol. The lowest BCUT2D eigenvalue weighted by atomic mass is 9.97. The van der Waals surface area contributed by atoms with Crippen molar-refractivity contribution in [3.63, 3.8) is 0 Å². The van der Waals surface area contributed by atoms with Crippen molar-refractivity contribution in [2.24, 2.45) is 0 Å². The van der Waals surface area contributed by atoms with Crippen LogP contribution in [0.4, 0.5) is 0 Å². The Labute approximate surface area is 140 Å². The second kappa shape index (κ2) is 6.48. The largest absolute Gasteiger partial charge is 0.306 e. The predicted octanol–water partition coefficient (Wildman–Crippen LogP) is 4.67. The minimum atomic E-state index is 0.420. The summed E-state index contributed by atoms with van der Waals surface area (Å²) in [7, 11) is 0. The summed E-state index contributed by atoms with van der Waals surface area (Å²) in [6.07, 6.45) is 4.58. The van der Waals surface area contributed by atoms with E-state index in [-0.39, 0.29) is 0 Å². The fourth-order valence-corrected chi connectivity index (χ4v) is 3.38. The molecule has 0 saturated carbocycles. The Bertz CT molecular complexity index is 682. The zero-order valence-electron chi connectivity index (χ0n) is 15.1. The van der Waals surface area contributed by atoms with E-state index in [0.717, 1.165) is 12.2 Å². The second-order valence-corrected chi connectivity index (χ2v) is 7.40. The van der Waals surface area contributed by atoms with Crippen LogP contribution in [0.2, 0.25) is 0 Å². The van der Waals surface area contributed by atoms with E-state index < -0.39 is 0 Å². The summed E-state index contributed by atoms with van der Waals surface area (Å²) in [5, 5.41) is 8.37. The van der Waals surface area contributed by atoms with Crippen molar-refractivity contribution in [3.8, 4) is 0 Å². The first-order chi connectivity index (χ1) is 11.0. The Morgan fingerprint density at radius 3 is 2.70 bits per heavy atom. The lowest BCUT2D eigenvalue weighted by Crippen LogP contribution is -2.19. The normalized spacial score (nSPS) is 17.3. The molecule has 1 unspecified atom stereocenters. The Hall–Kier alpha value is -1.61. The number of fused-ring (bicyclic) bond motifs is 1. The molecule has 1 aromatic carbocycles. The molecule has 0 saturated heterocycles. The number of aryl methyl sites for hydroxylation is 2. The van der Waals surface area contributed by atoms with Gasteiger partial charge in [-0.15, -0.1) is 0 Å². The molecular weight excluding hydrogens is 282 g/mol. The average molecular weight is 311 g/mol. The van der Waals surface area contributed by atoms with Gasteiger partial charge in [0, 0.05) is 30.4 Å². The molecule has 1 aromatic heterocycles. The number of rotatable bonds is 5. The van der Waals surface area contributed by atoms with Crippen LogP contribution in [0, 0.1) is 6.92 Å². The molecule has 23 heavy (non-hydrogen) atoms. The third kappa shape index (κ3) is 3.35. The van der Waals surface area contributed by atoms with Crippen LogP contribution in [-0.2, 0) is 13.0 Å². The minimum Gasteiger partial charge on any atom is -0.306 e. The van der Waals surface area contributed by atoms with Crippen LogP contribution in [0.25, 0.3) is 0 Å². The maximum Gasteiger partial charge on any atom is 0.0638 e. The van der Waals surface area contributed by atoms with Gasteiger partial charge in [-0.2, -0.15) is 5.10 Å². The summed E-state index contributed by atoms with van der Waals surface area (Å²) < 4.78 is 2.06. The zero-order valence-corrected chi connectivity index (χ0v) is 15.1.